The van der Waals surface area contributed by atoms with Gasteiger partial charge in [0.05, 0.1) is 23.3 Å². The Morgan fingerprint density at radius 2 is 2.09 bits per heavy atom. The van der Waals surface area contributed by atoms with Crippen molar-refractivity contribution < 1.29 is 13.9 Å². The van der Waals surface area contributed by atoms with E-state index >= 15 is 0 Å². The first-order valence-corrected chi connectivity index (χ1v) is 11.1. The number of likely N-dealkylation sites (tertiary alicyclic amines) is 1. The zero-order chi connectivity index (χ0) is 22.9. The first-order chi connectivity index (χ1) is 16.0. The number of nitrogens with zero attached hydrogens (tertiary/aromatic N) is 3. The van der Waals surface area contributed by atoms with Gasteiger partial charge in [-0.25, -0.2) is 14.4 Å². The molecule has 1 saturated carbocycles. The molecule has 1 amide bonds. The van der Waals surface area contributed by atoms with Crippen LogP contribution in [0.15, 0.2) is 48.8 Å². The maximum atomic E-state index is 13.5. The Bertz CT molecular complexity index is 1240. The van der Waals surface area contributed by atoms with Gasteiger partial charge in [0.25, 0.3) is 0 Å². The second-order valence-electron chi connectivity index (χ2n) is 8.41. The monoisotopic (exact) mass is 467 g/mol. The molecule has 2 aromatic carbocycles. The fourth-order valence-corrected chi connectivity index (χ4v) is 4.47. The molecule has 1 aliphatic heterocycles. The number of methoxy groups -OCH3 is 1. The number of hydrogen-bond acceptors (Lipinski definition) is 6. The van der Waals surface area contributed by atoms with Gasteiger partial charge in [0.15, 0.2) is 0 Å². The third-order valence-corrected chi connectivity index (χ3v) is 6.37. The summed E-state index contributed by atoms with van der Waals surface area (Å²) in [5.41, 5.74) is 1.70. The predicted octanol–water partition coefficient (Wildman–Crippen LogP) is 4.62. The molecule has 5 rings (SSSR count). The van der Waals surface area contributed by atoms with Crippen molar-refractivity contribution in [2.24, 2.45) is 11.8 Å². The molecule has 3 aromatic rings. The first kappa shape index (κ1) is 21.6. The molecule has 2 aliphatic rings. The van der Waals surface area contributed by atoms with Crippen molar-refractivity contribution in [2.45, 2.75) is 6.42 Å². The molecule has 2 heterocycles. The molecule has 2 unspecified atom stereocenters. The third kappa shape index (κ3) is 4.77. The Morgan fingerprint density at radius 3 is 2.85 bits per heavy atom. The summed E-state index contributed by atoms with van der Waals surface area (Å²) in [7, 11) is 1.53. The normalized spacial score (nSPS) is 19.6. The summed E-state index contributed by atoms with van der Waals surface area (Å²) in [4.78, 5) is 23.5. The lowest BCUT2D eigenvalue weighted by molar-refractivity contribution is -0.111. The maximum absolute atomic E-state index is 13.5. The molecule has 1 saturated heterocycles. The Hall–Kier alpha value is -3.23. The van der Waals surface area contributed by atoms with E-state index in [2.05, 4.69) is 25.5 Å². The highest BCUT2D eigenvalue weighted by Gasteiger charge is 2.44. The summed E-state index contributed by atoms with van der Waals surface area (Å²) in [6.45, 7) is 3.03. The number of amides is 1. The highest BCUT2D eigenvalue weighted by atomic mass is 35.5. The second-order valence-corrected chi connectivity index (χ2v) is 8.82. The van der Waals surface area contributed by atoms with Crippen molar-refractivity contribution >= 4 is 45.6 Å². The zero-order valence-electron chi connectivity index (χ0n) is 18.0. The number of halogens is 2. The van der Waals surface area contributed by atoms with Crippen LogP contribution in [-0.4, -0.2) is 47.5 Å². The van der Waals surface area contributed by atoms with Crippen molar-refractivity contribution in [3.05, 3.63) is 59.7 Å². The lowest BCUT2D eigenvalue weighted by Gasteiger charge is -2.14. The van der Waals surface area contributed by atoms with Gasteiger partial charge < -0.3 is 15.4 Å². The highest BCUT2D eigenvalue weighted by Crippen LogP contribution is 2.44. The number of aromatic nitrogens is 2. The summed E-state index contributed by atoms with van der Waals surface area (Å²) in [6, 6.07) is 7.80. The molecule has 1 aromatic heterocycles. The summed E-state index contributed by atoms with van der Waals surface area (Å²) in [5, 5.41) is 6.68. The van der Waals surface area contributed by atoms with Gasteiger partial charge in [-0.3, -0.25) is 9.69 Å². The maximum Gasteiger partial charge on any atom is 0.248 e. The van der Waals surface area contributed by atoms with E-state index in [-0.39, 0.29) is 10.9 Å². The SMILES string of the molecule is COc1cc2ncnc(Nc3ccc(F)c(Cl)c3)c2cc1NC(=O)/C=C/CN1CC2CC2C1. The van der Waals surface area contributed by atoms with E-state index < -0.39 is 5.82 Å². The van der Waals surface area contributed by atoms with E-state index in [1.807, 2.05) is 6.08 Å². The number of hydrogen-bond donors (Lipinski definition) is 2. The summed E-state index contributed by atoms with van der Waals surface area (Å²) >= 11 is 5.89. The number of anilines is 3. The van der Waals surface area contributed by atoms with Gasteiger partial charge in [0.1, 0.15) is 23.7 Å². The van der Waals surface area contributed by atoms with Gasteiger partial charge in [0.2, 0.25) is 5.91 Å². The average Bonchev–Trinajstić information content (AvgIpc) is 3.41. The van der Waals surface area contributed by atoms with Crippen molar-refractivity contribution in [1.82, 2.24) is 14.9 Å². The topological polar surface area (TPSA) is 79.4 Å². The predicted molar refractivity (Wildman–Crippen MR) is 127 cm³/mol. The Kier molecular flexibility index (Phi) is 5.86. The number of carbonyl (C=O) groups excluding carboxylic acids is 1. The van der Waals surface area contributed by atoms with Crippen molar-refractivity contribution in [3.8, 4) is 5.75 Å². The standard InChI is InChI=1S/C24H23ClFN5O2/c1-33-22-10-20-17(24(28-13-27-20)29-16-4-5-19(26)18(25)8-16)9-21(22)30-23(32)3-2-6-31-11-14-7-15(14)12-31/h2-5,8-10,13-15H,6-7,11-12H2,1H3,(H,30,32)(H,27,28,29)/b3-2+. The minimum atomic E-state index is -0.501. The molecule has 2 fully saturated rings. The molecule has 9 heteroatoms. The van der Waals surface area contributed by atoms with Crippen LogP contribution in [0.2, 0.25) is 5.02 Å². The summed E-state index contributed by atoms with van der Waals surface area (Å²) < 4.78 is 19.0. The van der Waals surface area contributed by atoms with E-state index in [4.69, 9.17) is 16.3 Å². The van der Waals surface area contributed by atoms with E-state index in [1.54, 1.807) is 24.3 Å². The van der Waals surface area contributed by atoms with Gasteiger partial charge >= 0.3 is 0 Å². The van der Waals surface area contributed by atoms with Gasteiger partial charge in [-0.05, 0) is 42.5 Å². The molecule has 2 N–H and O–H groups in total. The Morgan fingerprint density at radius 1 is 1.27 bits per heavy atom. The molecule has 170 valence electrons. The van der Waals surface area contributed by atoms with Crippen molar-refractivity contribution in [2.75, 3.05) is 37.4 Å². The minimum absolute atomic E-state index is 0.00531. The number of rotatable bonds is 7. The van der Waals surface area contributed by atoms with Crippen molar-refractivity contribution in [1.29, 1.82) is 0 Å². The molecule has 7 nitrogen and oxygen atoms in total. The van der Waals surface area contributed by atoms with Crippen LogP contribution in [0.3, 0.4) is 0 Å². The molecule has 0 bridgehead atoms. The minimum Gasteiger partial charge on any atom is -0.494 e. The molecule has 0 spiro atoms. The Balaban J connectivity index is 1.35. The van der Waals surface area contributed by atoms with Gasteiger partial charge in [-0.15, -0.1) is 0 Å². The highest BCUT2D eigenvalue weighted by molar-refractivity contribution is 6.31. The largest absolute Gasteiger partial charge is 0.494 e. The van der Waals surface area contributed by atoms with Crippen LogP contribution in [0.4, 0.5) is 21.6 Å². The number of nitrogens with one attached hydrogen (secondary N) is 2. The van der Waals surface area contributed by atoms with Crippen LogP contribution in [0, 0.1) is 17.7 Å². The fraction of sp³-hybridized carbons (Fsp3) is 0.292. The van der Waals surface area contributed by atoms with Gasteiger partial charge in [-0.1, -0.05) is 17.7 Å². The van der Waals surface area contributed by atoms with Crippen LogP contribution in [0.25, 0.3) is 10.9 Å². The van der Waals surface area contributed by atoms with E-state index in [0.717, 1.165) is 31.5 Å². The molecule has 1 aliphatic carbocycles. The van der Waals surface area contributed by atoms with Crippen LogP contribution >= 0.6 is 11.6 Å². The van der Waals surface area contributed by atoms with Gasteiger partial charge in [-0.2, -0.15) is 0 Å². The fourth-order valence-electron chi connectivity index (χ4n) is 4.29. The molecular weight excluding hydrogens is 445 g/mol. The zero-order valence-corrected chi connectivity index (χ0v) is 18.8. The van der Waals surface area contributed by atoms with E-state index in [9.17, 15) is 9.18 Å². The number of piperidine rings is 1. The molecule has 33 heavy (non-hydrogen) atoms. The number of benzene rings is 2. The molecule has 2 atom stereocenters. The first-order valence-electron chi connectivity index (χ1n) is 10.7. The van der Waals surface area contributed by atoms with E-state index in [1.165, 1.54) is 32.0 Å². The second kappa shape index (κ2) is 8.96. The van der Waals surface area contributed by atoms with Gasteiger partial charge in [0, 0.05) is 42.9 Å². The van der Waals surface area contributed by atoms with Crippen LogP contribution in [0.5, 0.6) is 5.75 Å². The number of carbonyl (C=O) groups is 1. The number of fused-ring (bicyclic) bond motifs is 2. The Labute approximate surface area is 195 Å². The quantitative estimate of drug-likeness (QED) is 0.493. The molecular formula is C24H23ClFN5O2. The number of ether oxygens (including phenoxy) is 1. The van der Waals surface area contributed by atoms with Crippen LogP contribution in [-0.2, 0) is 4.79 Å². The lowest BCUT2D eigenvalue weighted by atomic mass is 10.1. The smallest absolute Gasteiger partial charge is 0.248 e. The summed E-state index contributed by atoms with van der Waals surface area (Å²) in [6.07, 6.45) is 6.21. The average molecular weight is 468 g/mol. The van der Waals surface area contributed by atoms with Crippen LogP contribution < -0.4 is 15.4 Å². The third-order valence-electron chi connectivity index (χ3n) is 6.08. The van der Waals surface area contributed by atoms with E-state index in [0.29, 0.717) is 33.8 Å². The van der Waals surface area contributed by atoms with Crippen molar-refractivity contribution in [3.63, 3.8) is 0 Å². The molecule has 0 radical (unpaired) electrons. The van der Waals surface area contributed by atoms with Crippen LogP contribution in [0.1, 0.15) is 6.42 Å². The lowest BCUT2D eigenvalue weighted by Crippen LogP contribution is -2.23. The summed E-state index contributed by atoms with van der Waals surface area (Å²) in [5.74, 6) is 1.96.